The molecule has 29 heavy (non-hydrogen) atoms. The number of urea groups is 1. The summed E-state index contributed by atoms with van der Waals surface area (Å²) in [6.07, 6.45) is 0. The topological polar surface area (TPSA) is 67.9 Å². The third kappa shape index (κ3) is 6.10. The summed E-state index contributed by atoms with van der Waals surface area (Å²) in [4.78, 5) is 26.1. The van der Waals surface area contributed by atoms with E-state index in [0.29, 0.717) is 5.75 Å². The maximum absolute atomic E-state index is 12.7. The van der Waals surface area contributed by atoms with Gasteiger partial charge in [-0.15, -0.1) is 0 Å². The standard InChI is InChI=1S/C23H22N2O4/c26-22(18-29-21-14-8-3-9-15-21)28-17-16-24-23(27)25(19-10-4-1-5-11-19)20-12-6-2-7-13-20/h1-15H,16-18H2,(H,24,27). The molecule has 6 nitrogen and oxygen atoms in total. The summed E-state index contributed by atoms with van der Waals surface area (Å²) in [6, 6.07) is 27.4. The Morgan fingerprint density at radius 1 is 0.759 bits per heavy atom. The molecule has 148 valence electrons. The second kappa shape index (κ2) is 10.5. The molecule has 0 heterocycles. The van der Waals surface area contributed by atoms with Crippen molar-refractivity contribution in [1.29, 1.82) is 0 Å². The highest BCUT2D eigenvalue weighted by atomic mass is 16.6. The van der Waals surface area contributed by atoms with E-state index in [1.165, 1.54) is 0 Å². The van der Waals surface area contributed by atoms with E-state index in [1.807, 2.05) is 78.9 Å². The first kappa shape index (κ1) is 19.9. The number of benzene rings is 3. The van der Waals surface area contributed by atoms with Gasteiger partial charge in [0.15, 0.2) is 6.61 Å². The van der Waals surface area contributed by atoms with Crippen LogP contribution in [0.25, 0.3) is 0 Å². The van der Waals surface area contributed by atoms with Crippen molar-refractivity contribution in [3.8, 4) is 5.75 Å². The SMILES string of the molecule is O=C(COc1ccccc1)OCCNC(=O)N(c1ccccc1)c1ccccc1. The highest BCUT2D eigenvalue weighted by molar-refractivity contribution is 5.99. The number of hydrogen-bond acceptors (Lipinski definition) is 4. The Balaban J connectivity index is 1.48. The van der Waals surface area contributed by atoms with Gasteiger partial charge in [-0.1, -0.05) is 54.6 Å². The minimum Gasteiger partial charge on any atom is -0.482 e. The summed E-state index contributed by atoms with van der Waals surface area (Å²) >= 11 is 0. The van der Waals surface area contributed by atoms with Crippen LogP contribution in [0.4, 0.5) is 16.2 Å². The van der Waals surface area contributed by atoms with Crippen molar-refractivity contribution in [2.24, 2.45) is 0 Å². The first-order valence-electron chi connectivity index (χ1n) is 9.25. The third-order valence-corrected chi connectivity index (χ3v) is 3.97. The Bertz CT molecular complexity index is 862. The van der Waals surface area contributed by atoms with Gasteiger partial charge in [-0.3, -0.25) is 4.90 Å². The van der Waals surface area contributed by atoms with Crippen LogP contribution >= 0.6 is 0 Å². The average molecular weight is 390 g/mol. The van der Waals surface area contributed by atoms with Crippen LogP contribution in [-0.4, -0.2) is 31.8 Å². The van der Waals surface area contributed by atoms with E-state index in [1.54, 1.807) is 17.0 Å². The fourth-order valence-electron chi connectivity index (χ4n) is 2.64. The fourth-order valence-corrected chi connectivity index (χ4v) is 2.64. The van der Waals surface area contributed by atoms with Gasteiger partial charge in [-0.2, -0.15) is 0 Å². The van der Waals surface area contributed by atoms with Crippen molar-refractivity contribution in [3.05, 3.63) is 91.0 Å². The zero-order chi connectivity index (χ0) is 20.3. The van der Waals surface area contributed by atoms with Crippen molar-refractivity contribution >= 4 is 23.4 Å². The summed E-state index contributed by atoms with van der Waals surface area (Å²) in [6.45, 7) is 0.0599. The summed E-state index contributed by atoms with van der Waals surface area (Å²) in [5.74, 6) is 0.102. The molecule has 1 N–H and O–H groups in total. The largest absolute Gasteiger partial charge is 0.482 e. The molecular weight excluding hydrogens is 368 g/mol. The summed E-state index contributed by atoms with van der Waals surface area (Å²) in [7, 11) is 0. The lowest BCUT2D eigenvalue weighted by Gasteiger charge is -2.23. The molecule has 3 aromatic rings. The first-order valence-corrected chi connectivity index (χ1v) is 9.25. The smallest absolute Gasteiger partial charge is 0.344 e. The summed E-state index contributed by atoms with van der Waals surface area (Å²) in [5, 5.41) is 2.78. The van der Waals surface area contributed by atoms with Gasteiger partial charge in [-0.25, -0.2) is 9.59 Å². The molecule has 0 fully saturated rings. The number of nitrogens with zero attached hydrogens (tertiary/aromatic N) is 1. The average Bonchev–Trinajstić information content (AvgIpc) is 2.78. The van der Waals surface area contributed by atoms with Gasteiger partial charge >= 0.3 is 12.0 Å². The lowest BCUT2D eigenvalue weighted by Crippen LogP contribution is -2.38. The van der Waals surface area contributed by atoms with Gasteiger partial charge in [0.05, 0.1) is 17.9 Å². The molecule has 0 radical (unpaired) electrons. The minimum atomic E-state index is -0.494. The third-order valence-electron chi connectivity index (χ3n) is 3.97. The Labute approximate surface area is 169 Å². The van der Waals surface area contributed by atoms with Crippen LogP contribution in [0.1, 0.15) is 0 Å². The molecule has 0 aliphatic rings. The number of rotatable bonds is 8. The molecule has 0 bridgehead atoms. The quantitative estimate of drug-likeness (QED) is 0.463. The molecule has 0 spiro atoms. The van der Waals surface area contributed by atoms with Crippen molar-refractivity contribution in [2.45, 2.75) is 0 Å². The van der Waals surface area contributed by atoms with E-state index < -0.39 is 5.97 Å². The van der Waals surface area contributed by atoms with Crippen molar-refractivity contribution in [3.63, 3.8) is 0 Å². The van der Waals surface area contributed by atoms with E-state index >= 15 is 0 Å². The number of nitrogens with one attached hydrogen (secondary N) is 1. The number of amides is 2. The van der Waals surface area contributed by atoms with Crippen LogP contribution in [0.2, 0.25) is 0 Å². The molecule has 0 saturated carbocycles. The maximum Gasteiger partial charge on any atom is 0.344 e. The van der Waals surface area contributed by atoms with Crippen LogP contribution in [-0.2, 0) is 9.53 Å². The number of para-hydroxylation sites is 3. The molecule has 3 rings (SSSR count). The number of ether oxygens (including phenoxy) is 2. The summed E-state index contributed by atoms with van der Waals surface area (Å²) < 4.78 is 10.4. The fraction of sp³-hybridized carbons (Fsp3) is 0.130. The predicted molar refractivity (Wildman–Crippen MR) is 111 cm³/mol. The molecule has 0 aromatic heterocycles. The predicted octanol–water partition coefficient (Wildman–Crippen LogP) is 4.16. The highest BCUT2D eigenvalue weighted by Crippen LogP contribution is 2.24. The maximum atomic E-state index is 12.7. The first-order chi connectivity index (χ1) is 14.2. The van der Waals surface area contributed by atoms with Crippen molar-refractivity contribution in [2.75, 3.05) is 24.7 Å². The molecule has 0 unspecified atom stereocenters. The Morgan fingerprint density at radius 2 is 1.28 bits per heavy atom. The molecule has 3 aromatic carbocycles. The molecule has 6 heteroatoms. The summed E-state index contributed by atoms with van der Waals surface area (Å²) in [5.41, 5.74) is 1.48. The Morgan fingerprint density at radius 3 is 1.83 bits per heavy atom. The van der Waals surface area contributed by atoms with E-state index in [9.17, 15) is 9.59 Å². The highest BCUT2D eigenvalue weighted by Gasteiger charge is 2.17. The van der Waals surface area contributed by atoms with Crippen LogP contribution in [0, 0.1) is 0 Å². The second-order valence-corrected chi connectivity index (χ2v) is 6.06. The van der Waals surface area contributed by atoms with Gasteiger partial charge in [0, 0.05) is 0 Å². The van der Waals surface area contributed by atoms with Gasteiger partial charge in [-0.05, 0) is 36.4 Å². The van der Waals surface area contributed by atoms with Crippen molar-refractivity contribution in [1.82, 2.24) is 5.32 Å². The number of esters is 1. The minimum absolute atomic E-state index is 0.0557. The van der Waals surface area contributed by atoms with Gasteiger partial charge in [0.2, 0.25) is 0 Å². The Hall–Kier alpha value is -3.80. The van der Waals surface area contributed by atoms with Gasteiger partial charge in [0.1, 0.15) is 12.4 Å². The van der Waals surface area contributed by atoms with Gasteiger partial charge < -0.3 is 14.8 Å². The van der Waals surface area contributed by atoms with Crippen LogP contribution < -0.4 is 15.0 Å². The molecule has 0 aliphatic heterocycles. The number of hydrogen-bond donors (Lipinski definition) is 1. The van der Waals surface area contributed by atoms with E-state index in [2.05, 4.69) is 5.32 Å². The lowest BCUT2D eigenvalue weighted by atomic mass is 10.2. The van der Waals surface area contributed by atoms with Crippen molar-refractivity contribution < 1.29 is 19.1 Å². The Kier molecular flexibility index (Phi) is 7.23. The molecular formula is C23H22N2O4. The normalized spacial score (nSPS) is 10.1. The molecule has 0 atom stereocenters. The van der Waals surface area contributed by atoms with Crippen LogP contribution in [0.5, 0.6) is 5.75 Å². The molecule has 0 saturated heterocycles. The number of anilines is 2. The zero-order valence-electron chi connectivity index (χ0n) is 15.9. The van der Waals surface area contributed by atoms with Crippen LogP contribution in [0.3, 0.4) is 0 Å². The van der Waals surface area contributed by atoms with E-state index in [4.69, 9.17) is 9.47 Å². The molecule has 2 amide bonds. The zero-order valence-corrected chi connectivity index (χ0v) is 15.9. The van der Waals surface area contributed by atoms with Crippen LogP contribution in [0.15, 0.2) is 91.0 Å². The lowest BCUT2D eigenvalue weighted by molar-refractivity contribution is -0.145. The molecule has 0 aliphatic carbocycles. The van der Waals surface area contributed by atoms with E-state index in [-0.39, 0.29) is 25.8 Å². The monoisotopic (exact) mass is 390 g/mol. The van der Waals surface area contributed by atoms with E-state index in [0.717, 1.165) is 11.4 Å². The van der Waals surface area contributed by atoms with Gasteiger partial charge in [0.25, 0.3) is 0 Å². The number of carbonyl (C=O) groups is 2. The number of carbonyl (C=O) groups excluding carboxylic acids is 2. The second-order valence-electron chi connectivity index (χ2n) is 6.06.